The number of methoxy groups -OCH3 is 1. The first-order valence-electron chi connectivity index (χ1n) is 8.25. The Morgan fingerprint density at radius 1 is 1.28 bits per heavy atom. The number of anilines is 1. The number of nitrogens with zero attached hydrogens (tertiary/aromatic N) is 1. The summed E-state index contributed by atoms with van der Waals surface area (Å²) in [4.78, 5) is 13.5. The standard InChI is InChI=1S/C19H21N3O2S/c1-3-7-15-19(20-17(23)12-13-8-6-11-25-13)18(22-21-15)14-9-4-5-10-16(14)24-2/h4-6,8-11H,3,7,12H2,1-2H3,(H,20,23)(H,21,22). The lowest BCUT2D eigenvalue weighted by molar-refractivity contribution is -0.115. The smallest absolute Gasteiger partial charge is 0.229 e. The molecule has 25 heavy (non-hydrogen) atoms. The lowest BCUT2D eigenvalue weighted by atomic mass is 10.1. The van der Waals surface area contributed by atoms with Crippen molar-refractivity contribution in [2.24, 2.45) is 0 Å². The maximum atomic E-state index is 12.5. The van der Waals surface area contributed by atoms with Crippen LogP contribution in [0.2, 0.25) is 0 Å². The van der Waals surface area contributed by atoms with E-state index in [4.69, 9.17) is 4.74 Å². The van der Waals surface area contributed by atoms with Crippen LogP contribution in [0.1, 0.15) is 23.9 Å². The number of aromatic nitrogens is 2. The number of H-pyrrole nitrogens is 1. The summed E-state index contributed by atoms with van der Waals surface area (Å²) < 4.78 is 5.45. The van der Waals surface area contributed by atoms with Crippen molar-refractivity contribution in [3.8, 4) is 17.0 Å². The van der Waals surface area contributed by atoms with E-state index in [-0.39, 0.29) is 5.91 Å². The van der Waals surface area contributed by atoms with Gasteiger partial charge in [0.25, 0.3) is 0 Å². The molecule has 3 aromatic rings. The summed E-state index contributed by atoms with van der Waals surface area (Å²) in [6.07, 6.45) is 2.14. The van der Waals surface area contributed by atoms with Gasteiger partial charge >= 0.3 is 0 Å². The zero-order valence-corrected chi connectivity index (χ0v) is 15.2. The van der Waals surface area contributed by atoms with Crippen molar-refractivity contribution in [1.29, 1.82) is 0 Å². The van der Waals surface area contributed by atoms with Crippen molar-refractivity contribution in [2.75, 3.05) is 12.4 Å². The molecule has 2 N–H and O–H groups in total. The normalized spacial score (nSPS) is 10.6. The van der Waals surface area contributed by atoms with Gasteiger partial charge in [0.15, 0.2) is 0 Å². The molecule has 0 fully saturated rings. The number of nitrogens with one attached hydrogen (secondary N) is 2. The molecular formula is C19H21N3O2S. The highest BCUT2D eigenvalue weighted by atomic mass is 32.1. The van der Waals surface area contributed by atoms with Crippen molar-refractivity contribution in [1.82, 2.24) is 10.2 Å². The summed E-state index contributed by atoms with van der Waals surface area (Å²) in [6.45, 7) is 2.10. The first kappa shape index (κ1) is 17.2. The molecule has 0 aliphatic carbocycles. The van der Waals surface area contributed by atoms with Gasteiger partial charge in [0.05, 0.1) is 24.9 Å². The lowest BCUT2D eigenvalue weighted by Crippen LogP contribution is -2.15. The maximum absolute atomic E-state index is 12.5. The fourth-order valence-electron chi connectivity index (χ4n) is 2.73. The molecule has 0 unspecified atom stereocenters. The second kappa shape index (κ2) is 7.98. The van der Waals surface area contributed by atoms with Crippen LogP contribution in [0.5, 0.6) is 5.75 Å². The Balaban J connectivity index is 1.93. The first-order valence-corrected chi connectivity index (χ1v) is 9.13. The van der Waals surface area contributed by atoms with Crippen LogP contribution in [0, 0.1) is 0 Å². The van der Waals surface area contributed by atoms with E-state index in [9.17, 15) is 4.79 Å². The van der Waals surface area contributed by atoms with Crippen LogP contribution < -0.4 is 10.1 Å². The summed E-state index contributed by atoms with van der Waals surface area (Å²) in [5.41, 5.74) is 3.24. The molecule has 0 saturated heterocycles. The second-order valence-corrected chi connectivity index (χ2v) is 6.71. The van der Waals surface area contributed by atoms with Crippen molar-refractivity contribution >= 4 is 22.9 Å². The highest BCUT2D eigenvalue weighted by molar-refractivity contribution is 7.10. The third kappa shape index (κ3) is 3.91. The van der Waals surface area contributed by atoms with E-state index in [0.29, 0.717) is 12.1 Å². The number of carbonyl (C=O) groups excluding carboxylic acids is 1. The van der Waals surface area contributed by atoms with Gasteiger partial charge in [0.2, 0.25) is 5.91 Å². The Kier molecular flexibility index (Phi) is 5.50. The van der Waals surface area contributed by atoms with E-state index < -0.39 is 0 Å². The number of aromatic amines is 1. The molecule has 0 atom stereocenters. The quantitative estimate of drug-likeness (QED) is 0.665. The van der Waals surface area contributed by atoms with E-state index in [1.54, 1.807) is 18.4 Å². The number of rotatable bonds is 7. The molecule has 5 nitrogen and oxygen atoms in total. The molecule has 1 aromatic carbocycles. The number of ether oxygens (including phenoxy) is 1. The molecule has 0 saturated carbocycles. The number of aryl methyl sites for hydroxylation is 1. The topological polar surface area (TPSA) is 67.0 Å². The van der Waals surface area contributed by atoms with Crippen LogP contribution in [0.25, 0.3) is 11.3 Å². The minimum Gasteiger partial charge on any atom is -0.496 e. The average Bonchev–Trinajstić information content (AvgIpc) is 3.26. The third-order valence-corrected chi connectivity index (χ3v) is 4.76. The summed E-state index contributed by atoms with van der Waals surface area (Å²) in [5.74, 6) is 0.683. The minimum absolute atomic E-state index is 0.0441. The van der Waals surface area contributed by atoms with Gasteiger partial charge in [-0.05, 0) is 30.0 Å². The molecule has 1 amide bonds. The molecule has 0 radical (unpaired) electrons. The van der Waals surface area contributed by atoms with E-state index in [1.807, 2.05) is 41.8 Å². The van der Waals surface area contributed by atoms with Gasteiger partial charge in [-0.15, -0.1) is 11.3 Å². The summed E-state index contributed by atoms with van der Waals surface area (Å²) in [5, 5.41) is 12.5. The van der Waals surface area contributed by atoms with Crippen LogP contribution in [-0.2, 0) is 17.6 Å². The SMILES string of the molecule is CCCc1[nH]nc(-c2ccccc2OC)c1NC(=O)Cc1cccs1. The zero-order chi connectivity index (χ0) is 17.6. The second-order valence-electron chi connectivity index (χ2n) is 5.68. The molecular weight excluding hydrogens is 334 g/mol. The molecule has 2 aromatic heterocycles. The van der Waals surface area contributed by atoms with E-state index in [2.05, 4.69) is 22.4 Å². The van der Waals surface area contributed by atoms with Gasteiger partial charge < -0.3 is 10.1 Å². The van der Waals surface area contributed by atoms with Gasteiger partial charge in [0, 0.05) is 10.4 Å². The number of para-hydroxylation sites is 1. The molecule has 0 spiro atoms. The van der Waals surface area contributed by atoms with Crippen LogP contribution >= 0.6 is 11.3 Å². The number of hydrogen-bond acceptors (Lipinski definition) is 4. The number of thiophene rings is 1. The van der Waals surface area contributed by atoms with Crippen molar-refractivity contribution in [3.63, 3.8) is 0 Å². The summed E-state index contributed by atoms with van der Waals surface area (Å²) >= 11 is 1.58. The molecule has 130 valence electrons. The fourth-order valence-corrected chi connectivity index (χ4v) is 3.44. The first-order chi connectivity index (χ1) is 12.2. The number of hydrogen-bond donors (Lipinski definition) is 2. The molecule has 2 heterocycles. The molecule has 6 heteroatoms. The highest BCUT2D eigenvalue weighted by Gasteiger charge is 2.19. The Bertz CT molecular complexity index is 840. The molecule has 3 rings (SSSR count). The predicted octanol–water partition coefficient (Wildman–Crippen LogP) is 4.28. The zero-order valence-electron chi connectivity index (χ0n) is 14.3. The Morgan fingerprint density at radius 2 is 2.12 bits per heavy atom. The average molecular weight is 355 g/mol. The Morgan fingerprint density at radius 3 is 2.84 bits per heavy atom. The number of amides is 1. The van der Waals surface area contributed by atoms with Gasteiger partial charge in [-0.3, -0.25) is 9.89 Å². The highest BCUT2D eigenvalue weighted by Crippen LogP contribution is 2.35. The Labute approximate surface area is 151 Å². The molecule has 0 bridgehead atoms. The van der Waals surface area contributed by atoms with Crippen molar-refractivity contribution in [3.05, 3.63) is 52.3 Å². The minimum atomic E-state index is -0.0441. The maximum Gasteiger partial charge on any atom is 0.229 e. The van der Waals surface area contributed by atoms with E-state index in [0.717, 1.165) is 40.4 Å². The lowest BCUT2D eigenvalue weighted by Gasteiger charge is -2.10. The van der Waals surface area contributed by atoms with Gasteiger partial charge in [-0.2, -0.15) is 5.10 Å². The predicted molar refractivity (Wildman–Crippen MR) is 101 cm³/mol. The van der Waals surface area contributed by atoms with Crippen LogP contribution in [0.15, 0.2) is 41.8 Å². The van der Waals surface area contributed by atoms with Crippen LogP contribution in [-0.4, -0.2) is 23.2 Å². The third-order valence-electron chi connectivity index (χ3n) is 3.88. The van der Waals surface area contributed by atoms with Crippen LogP contribution in [0.3, 0.4) is 0 Å². The Hall–Kier alpha value is -2.60. The molecule has 0 aliphatic rings. The number of benzene rings is 1. The number of carbonyl (C=O) groups is 1. The van der Waals surface area contributed by atoms with Gasteiger partial charge in [0.1, 0.15) is 11.4 Å². The van der Waals surface area contributed by atoms with E-state index >= 15 is 0 Å². The molecule has 0 aliphatic heterocycles. The van der Waals surface area contributed by atoms with Crippen molar-refractivity contribution < 1.29 is 9.53 Å². The summed E-state index contributed by atoms with van der Waals surface area (Å²) in [7, 11) is 1.63. The van der Waals surface area contributed by atoms with Crippen molar-refractivity contribution in [2.45, 2.75) is 26.2 Å². The summed E-state index contributed by atoms with van der Waals surface area (Å²) in [6, 6.07) is 11.6. The largest absolute Gasteiger partial charge is 0.496 e. The fraction of sp³-hybridized carbons (Fsp3) is 0.263. The van der Waals surface area contributed by atoms with E-state index in [1.165, 1.54) is 0 Å². The van der Waals surface area contributed by atoms with Crippen LogP contribution in [0.4, 0.5) is 5.69 Å². The van der Waals surface area contributed by atoms with Gasteiger partial charge in [-0.1, -0.05) is 31.5 Å². The van der Waals surface area contributed by atoms with Gasteiger partial charge in [-0.25, -0.2) is 0 Å². The monoisotopic (exact) mass is 355 g/mol.